The van der Waals surface area contributed by atoms with Crippen LogP contribution in [0.25, 0.3) is 11.3 Å². The van der Waals surface area contributed by atoms with Gasteiger partial charge in [0.25, 0.3) is 0 Å². The SMILES string of the molecule is COC(=O)c1cc(-c2ccccc2Cl)ncn1. The van der Waals surface area contributed by atoms with Crippen LogP contribution < -0.4 is 0 Å². The molecule has 0 atom stereocenters. The first-order valence-electron chi connectivity index (χ1n) is 4.87. The summed E-state index contributed by atoms with van der Waals surface area (Å²) in [5.74, 6) is -0.499. The lowest BCUT2D eigenvalue weighted by Gasteiger charge is -2.04. The van der Waals surface area contributed by atoms with Gasteiger partial charge >= 0.3 is 5.97 Å². The van der Waals surface area contributed by atoms with Crippen molar-refractivity contribution in [2.24, 2.45) is 0 Å². The van der Waals surface area contributed by atoms with E-state index in [2.05, 4.69) is 14.7 Å². The number of hydrogen-bond acceptors (Lipinski definition) is 4. The molecule has 0 spiro atoms. The molecule has 0 saturated heterocycles. The summed E-state index contributed by atoms with van der Waals surface area (Å²) in [7, 11) is 1.31. The Morgan fingerprint density at radius 1 is 1.29 bits per heavy atom. The fraction of sp³-hybridized carbons (Fsp3) is 0.0833. The van der Waals surface area contributed by atoms with Crippen molar-refractivity contribution in [2.75, 3.05) is 7.11 Å². The van der Waals surface area contributed by atoms with Gasteiger partial charge in [0, 0.05) is 10.6 Å². The van der Waals surface area contributed by atoms with Gasteiger partial charge in [-0.15, -0.1) is 0 Å². The summed E-state index contributed by atoms with van der Waals surface area (Å²) in [4.78, 5) is 19.3. The summed E-state index contributed by atoms with van der Waals surface area (Å²) in [6, 6.07) is 8.81. The van der Waals surface area contributed by atoms with Crippen LogP contribution in [0.3, 0.4) is 0 Å². The second-order valence-electron chi connectivity index (χ2n) is 3.26. The molecule has 2 rings (SSSR count). The van der Waals surface area contributed by atoms with E-state index in [-0.39, 0.29) is 5.69 Å². The smallest absolute Gasteiger partial charge is 0.356 e. The number of carbonyl (C=O) groups excluding carboxylic acids is 1. The molecule has 1 heterocycles. The highest BCUT2D eigenvalue weighted by atomic mass is 35.5. The maximum absolute atomic E-state index is 11.3. The number of ether oxygens (including phenoxy) is 1. The Morgan fingerprint density at radius 3 is 2.76 bits per heavy atom. The topological polar surface area (TPSA) is 52.1 Å². The second kappa shape index (κ2) is 4.93. The van der Waals surface area contributed by atoms with Gasteiger partial charge in [-0.1, -0.05) is 29.8 Å². The van der Waals surface area contributed by atoms with Gasteiger partial charge < -0.3 is 4.74 Å². The summed E-state index contributed by atoms with van der Waals surface area (Å²) in [6.07, 6.45) is 1.31. The van der Waals surface area contributed by atoms with Crippen molar-refractivity contribution >= 4 is 17.6 Å². The molecule has 0 aliphatic rings. The minimum Gasteiger partial charge on any atom is -0.464 e. The zero-order valence-corrected chi connectivity index (χ0v) is 9.81. The number of benzene rings is 1. The monoisotopic (exact) mass is 248 g/mol. The summed E-state index contributed by atoms with van der Waals surface area (Å²) in [6.45, 7) is 0. The van der Waals surface area contributed by atoms with Gasteiger partial charge in [-0.05, 0) is 12.1 Å². The van der Waals surface area contributed by atoms with Gasteiger partial charge in [0.05, 0.1) is 12.8 Å². The maximum Gasteiger partial charge on any atom is 0.356 e. The molecule has 0 saturated carbocycles. The number of aromatic nitrogens is 2. The first-order valence-corrected chi connectivity index (χ1v) is 5.25. The molecule has 2 aromatic rings. The minimum absolute atomic E-state index is 0.206. The highest BCUT2D eigenvalue weighted by Crippen LogP contribution is 2.25. The first-order chi connectivity index (χ1) is 8.22. The normalized spacial score (nSPS) is 10.0. The van der Waals surface area contributed by atoms with Gasteiger partial charge in [0.15, 0.2) is 5.69 Å². The molecule has 0 aliphatic carbocycles. The predicted molar refractivity (Wildman–Crippen MR) is 63.8 cm³/mol. The van der Waals surface area contributed by atoms with Crippen molar-refractivity contribution in [1.29, 1.82) is 0 Å². The molecule has 0 fully saturated rings. The predicted octanol–water partition coefficient (Wildman–Crippen LogP) is 2.58. The Kier molecular flexibility index (Phi) is 3.35. The molecule has 17 heavy (non-hydrogen) atoms. The molecule has 4 nitrogen and oxygen atoms in total. The molecule has 0 bridgehead atoms. The number of nitrogens with zero attached hydrogens (tertiary/aromatic N) is 2. The van der Waals surface area contributed by atoms with E-state index in [0.717, 1.165) is 5.56 Å². The fourth-order valence-corrected chi connectivity index (χ4v) is 1.62. The van der Waals surface area contributed by atoms with Gasteiger partial charge in [0.1, 0.15) is 6.33 Å². The van der Waals surface area contributed by atoms with E-state index in [1.807, 2.05) is 18.2 Å². The Bertz CT molecular complexity index is 558. The molecular weight excluding hydrogens is 240 g/mol. The number of halogens is 1. The fourth-order valence-electron chi connectivity index (χ4n) is 1.39. The van der Waals surface area contributed by atoms with E-state index in [0.29, 0.717) is 10.7 Å². The molecule has 0 radical (unpaired) electrons. The van der Waals surface area contributed by atoms with Crippen LogP contribution in [0.5, 0.6) is 0 Å². The van der Waals surface area contributed by atoms with Crippen molar-refractivity contribution in [2.45, 2.75) is 0 Å². The first kappa shape index (κ1) is 11.5. The summed E-state index contributed by atoms with van der Waals surface area (Å²) >= 11 is 6.05. The number of carbonyl (C=O) groups is 1. The van der Waals surface area contributed by atoms with Crippen LogP contribution in [-0.2, 0) is 4.74 Å². The molecule has 86 valence electrons. The quantitative estimate of drug-likeness (QED) is 0.767. The van der Waals surface area contributed by atoms with E-state index in [4.69, 9.17) is 11.6 Å². The van der Waals surface area contributed by atoms with Crippen LogP contribution in [-0.4, -0.2) is 23.0 Å². The molecule has 1 aromatic heterocycles. The highest BCUT2D eigenvalue weighted by Gasteiger charge is 2.10. The van der Waals surface area contributed by atoms with E-state index in [1.165, 1.54) is 13.4 Å². The van der Waals surface area contributed by atoms with Crippen molar-refractivity contribution in [3.8, 4) is 11.3 Å². The molecule has 0 unspecified atom stereocenters. The van der Waals surface area contributed by atoms with Crippen LogP contribution in [0, 0.1) is 0 Å². The zero-order valence-electron chi connectivity index (χ0n) is 9.05. The summed E-state index contributed by atoms with van der Waals surface area (Å²) < 4.78 is 4.60. The van der Waals surface area contributed by atoms with E-state index < -0.39 is 5.97 Å². The third-order valence-corrected chi connectivity index (χ3v) is 2.54. The zero-order chi connectivity index (χ0) is 12.3. The molecule has 0 N–H and O–H groups in total. The molecular formula is C12H9ClN2O2. The van der Waals surface area contributed by atoms with Crippen molar-refractivity contribution in [3.05, 3.63) is 47.4 Å². The van der Waals surface area contributed by atoms with Gasteiger partial charge in [-0.2, -0.15) is 0 Å². The Morgan fingerprint density at radius 2 is 2.06 bits per heavy atom. The van der Waals surface area contributed by atoms with Crippen LogP contribution in [0.4, 0.5) is 0 Å². The van der Waals surface area contributed by atoms with Crippen LogP contribution >= 0.6 is 11.6 Å². The van der Waals surface area contributed by atoms with Crippen LogP contribution in [0.2, 0.25) is 5.02 Å². The largest absolute Gasteiger partial charge is 0.464 e. The third-order valence-electron chi connectivity index (χ3n) is 2.21. The number of esters is 1. The van der Waals surface area contributed by atoms with E-state index in [1.54, 1.807) is 12.1 Å². The maximum atomic E-state index is 11.3. The van der Waals surface area contributed by atoms with E-state index in [9.17, 15) is 4.79 Å². The lowest BCUT2D eigenvalue weighted by molar-refractivity contribution is 0.0594. The average molecular weight is 249 g/mol. The summed E-state index contributed by atoms with van der Waals surface area (Å²) in [5.41, 5.74) is 1.55. The van der Waals surface area contributed by atoms with Gasteiger partial charge in [0.2, 0.25) is 0 Å². The molecule has 0 aliphatic heterocycles. The number of rotatable bonds is 2. The highest BCUT2D eigenvalue weighted by molar-refractivity contribution is 6.33. The van der Waals surface area contributed by atoms with Crippen molar-refractivity contribution in [1.82, 2.24) is 9.97 Å². The van der Waals surface area contributed by atoms with Gasteiger partial charge in [-0.25, -0.2) is 14.8 Å². The van der Waals surface area contributed by atoms with Crippen LogP contribution in [0.1, 0.15) is 10.5 Å². The number of methoxy groups -OCH3 is 1. The molecule has 0 amide bonds. The Hall–Kier alpha value is -1.94. The molecule has 5 heteroatoms. The number of hydrogen-bond donors (Lipinski definition) is 0. The van der Waals surface area contributed by atoms with Crippen molar-refractivity contribution in [3.63, 3.8) is 0 Å². The second-order valence-corrected chi connectivity index (χ2v) is 3.67. The summed E-state index contributed by atoms with van der Waals surface area (Å²) in [5, 5.41) is 0.571. The van der Waals surface area contributed by atoms with Crippen molar-refractivity contribution < 1.29 is 9.53 Å². The van der Waals surface area contributed by atoms with Gasteiger partial charge in [-0.3, -0.25) is 0 Å². The lowest BCUT2D eigenvalue weighted by Crippen LogP contribution is -2.04. The third kappa shape index (κ3) is 2.42. The molecule has 1 aromatic carbocycles. The lowest BCUT2D eigenvalue weighted by atomic mass is 10.1. The minimum atomic E-state index is -0.499. The van der Waals surface area contributed by atoms with Crippen LogP contribution in [0.15, 0.2) is 36.7 Å². The Balaban J connectivity index is 2.47. The average Bonchev–Trinajstić information content (AvgIpc) is 2.38. The standard InChI is InChI=1S/C12H9ClN2O2/c1-17-12(16)11-6-10(14-7-15-11)8-4-2-3-5-9(8)13/h2-7H,1H3. The van der Waals surface area contributed by atoms with E-state index >= 15 is 0 Å². The Labute approximate surface area is 103 Å².